The summed E-state index contributed by atoms with van der Waals surface area (Å²) in [4.78, 5) is 25.9. The monoisotopic (exact) mass is 367 g/mol. The quantitative estimate of drug-likeness (QED) is 0.724. The first-order chi connectivity index (χ1) is 11.7. The second kappa shape index (κ2) is 7.58. The van der Waals surface area contributed by atoms with E-state index in [2.05, 4.69) is 15.0 Å². The second-order valence-electron chi connectivity index (χ2n) is 5.44. The number of halogens is 1. The number of aromatic amines is 1. The molecule has 0 aliphatic carbocycles. The third-order valence-electron chi connectivity index (χ3n) is 3.53. The number of carbonyl (C=O) groups is 1. The van der Waals surface area contributed by atoms with Crippen molar-refractivity contribution >= 4 is 21.6 Å². The fourth-order valence-corrected chi connectivity index (χ4v) is 3.32. The first-order valence-electron chi connectivity index (χ1n) is 7.55. The van der Waals surface area contributed by atoms with Gasteiger partial charge in [-0.05, 0) is 43.7 Å². The van der Waals surface area contributed by atoms with Crippen LogP contribution >= 0.6 is 0 Å². The number of benzene rings is 1. The molecule has 0 saturated heterocycles. The van der Waals surface area contributed by atoms with Gasteiger partial charge in [0.05, 0.1) is 10.5 Å². The molecule has 9 heteroatoms. The molecule has 0 fully saturated rings. The molecule has 3 N–H and O–H groups in total. The molecule has 1 aromatic carbocycles. The normalized spacial score (nSPS) is 12.6. The lowest BCUT2D eigenvalue weighted by atomic mass is 10.2. The minimum absolute atomic E-state index is 0.0714. The van der Waals surface area contributed by atoms with Gasteiger partial charge in [-0.2, -0.15) is 0 Å². The van der Waals surface area contributed by atoms with Gasteiger partial charge in [0.25, 0.3) is 11.5 Å². The summed E-state index contributed by atoms with van der Waals surface area (Å²) >= 11 is 0. The maximum absolute atomic E-state index is 14.0. The van der Waals surface area contributed by atoms with Crippen molar-refractivity contribution in [3.63, 3.8) is 0 Å². The molecular weight excluding hydrogens is 349 g/mol. The molecular formula is C16H18FN3O4S. The van der Waals surface area contributed by atoms with E-state index in [1.807, 2.05) is 6.92 Å². The lowest BCUT2D eigenvalue weighted by Crippen LogP contribution is -2.32. The van der Waals surface area contributed by atoms with Crippen LogP contribution in [-0.2, 0) is 10.0 Å². The van der Waals surface area contributed by atoms with Crippen molar-refractivity contribution in [1.29, 1.82) is 0 Å². The lowest BCUT2D eigenvalue weighted by Gasteiger charge is -2.13. The summed E-state index contributed by atoms with van der Waals surface area (Å²) in [5, 5.41) is 2.26. The van der Waals surface area contributed by atoms with Crippen molar-refractivity contribution < 1.29 is 17.6 Å². The topological polar surface area (TPSA) is 108 Å². The lowest BCUT2D eigenvalue weighted by molar-refractivity contribution is 0.102. The van der Waals surface area contributed by atoms with Crippen LogP contribution in [0.5, 0.6) is 0 Å². The Hall–Kier alpha value is -2.52. The molecule has 1 atom stereocenters. The average molecular weight is 367 g/mol. The van der Waals surface area contributed by atoms with Crippen LogP contribution in [0.2, 0.25) is 0 Å². The van der Waals surface area contributed by atoms with Crippen molar-refractivity contribution in [2.45, 2.75) is 31.2 Å². The third kappa shape index (κ3) is 4.52. The number of pyridine rings is 1. The number of anilines is 1. The number of aromatic nitrogens is 1. The fraction of sp³-hybridized carbons (Fsp3) is 0.250. The van der Waals surface area contributed by atoms with E-state index in [0.717, 1.165) is 18.2 Å². The van der Waals surface area contributed by atoms with Crippen molar-refractivity contribution in [2.75, 3.05) is 5.32 Å². The highest BCUT2D eigenvalue weighted by atomic mass is 32.2. The summed E-state index contributed by atoms with van der Waals surface area (Å²) in [5.41, 5.74) is -1.10. The minimum atomic E-state index is -3.89. The Morgan fingerprint density at radius 1 is 1.32 bits per heavy atom. The zero-order chi connectivity index (χ0) is 18.6. The van der Waals surface area contributed by atoms with Crippen LogP contribution in [-0.4, -0.2) is 25.4 Å². The highest BCUT2D eigenvalue weighted by molar-refractivity contribution is 7.89. The Labute approximate surface area is 144 Å². The van der Waals surface area contributed by atoms with E-state index in [1.54, 1.807) is 6.92 Å². The Bertz CT molecular complexity index is 940. The molecule has 0 aliphatic heterocycles. The highest BCUT2D eigenvalue weighted by Gasteiger charge is 2.21. The summed E-state index contributed by atoms with van der Waals surface area (Å²) in [6.45, 7) is 3.50. The van der Waals surface area contributed by atoms with Crippen LogP contribution in [0.1, 0.15) is 30.6 Å². The molecule has 0 aliphatic rings. The number of hydrogen-bond acceptors (Lipinski definition) is 4. The van der Waals surface area contributed by atoms with Gasteiger partial charge in [-0.1, -0.05) is 6.92 Å². The second-order valence-corrected chi connectivity index (χ2v) is 7.15. The minimum Gasteiger partial charge on any atom is -0.327 e. The van der Waals surface area contributed by atoms with Gasteiger partial charge in [0.2, 0.25) is 10.0 Å². The number of nitrogens with one attached hydrogen (secondary N) is 3. The zero-order valence-corrected chi connectivity index (χ0v) is 14.5. The summed E-state index contributed by atoms with van der Waals surface area (Å²) in [7, 11) is -3.89. The van der Waals surface area contributed by atoms with Crippen molar-refractivity contribution in [3.05, 3.63) is 58.3 Å². The van der Waals surface area contributed by atoms with Crippen molar-refractivity contribution in [2.24, 2.45) is 0 Å². The Balaban J connectivity index is 2.34. The molecule has 1 unspecified atom stereocenters. The van der Waals surface area contributed by atoms with Gasteiger partial charge in [-0.25, -0.2) is 17.5 Å². The predicted molar refractivity (Wildman–Crippen MR) is 91.5 cm³/mol. The van der Waals surface area contributed by atoms with Crippen molar-refractivity contribution in [3.8, 4) is 0 Å². The molecule has 7 nitrogen and oxygen atoms in total. The van der Waals surface area contributed by atoms with E-state index in [0.29, 0.717) is 6.42 Å². The standard InChI is InChI=1S/C16H18FN3O4S/c1-3-10(2)20-25(23,24)11-6-7-13(17)12(9-11)15(21)19-14-5-4-8-18-16(14)22/h4-10,20H,3H2,1-2H3,(H,18,22)(H,19,21). The van der Waals surface area contributed by atoms with Crippen LogP contribution in [0.25, 0.3) is 0 Å². The van der Waals surface area contributed by atoms with Crippen LogP contribution in [0, 0.1) is 5.82 Å². The predicted octanol–water partition coefficient (Wildman–Crippen LogP) is 1.84. The van der Waals surface area contributed by atoms with Gasteiger partial charge in [0.1, 0.15) is 11.5 Å². The molecule has 0 spiro atoms. The van der Waals surface area contributed by atoms with Crippen LogP contribution < -0.4 is 15.6 Å². The van der Waals surface area contributed by atoms with E-state index in [1.165, 1.54) is 18.3 Å². The molecule has 134 valence electrons. The maximum atomic E-state index is 14.0. The molecule has 1 amide bonds. The van der Waals surface area contributed by atoms with E-state index in [9.17, 15) is 22.4 Å². The summed E-state index contributed by atoms with van der Waals surface area (Å²) in [6.07, 6.45) is 1.96. The fourth-order valence-electron chi connectivity index (χ4n) is 1.97. The molecule has 2 aromatic rings. The summed E-state index contributed by atoms with van der Waals surface area (Å²) in [6, 6.07) is 5.44. The Morgan fingerprint density at radius 3 is 2.68 bits per heavy atom. The summed E-state index contributed by atoms with van der Waals surface area (Å²) < 4.78 is 41.0. The maximum Gasteiger partial charge on any atom is 0.271 e. The number of hydrogen-bond donors (Lipinski definition) is 3. The van der Waals surface area contributed by atoms with Crippen LogP contribution in [0.3, 0.4) is 0 Å². The molecule has 25 heavy (non-hydrogen) atoms. The van der Waals surface area contributed by atoms with E-state index in [-0.39, 0.29) is 16.6 Å². The van der Waals surface area contributed by atoms with Gasteiger partial charge in [0, 0.05) is 12.2 Å². The molecule has 1 heterocycles. The third-order valence-corrected chi connectivity index (χ3v) is 5.12. The Morgan fingerprint density at radius 2 is 2.04 bits per heavy atom. The van der Waals surface area contributed by atoms with Gasteiger partial charge in [0.15, 0.2) is 0 Å². The number of rotatable bonds is 6. The molecule has 0 radical (unpaired) electrons. The number of H-pyrrole nitrogens is 1. The first kappa shape index (κ1) is 18.8. The number of amides is 1. The van der Waals surface area contributed by atoms with Gasteiger partial charge >= 0.3 is 0 Å². The first-order valence-corrected chi connectivity index (χ1v) is 9.04. The summed E-state index contributed by atoms with van der Waals surface area (Å²) in [5.74, 6) is -1.82. The van der Waals surface area contributed by atoms with Crippen LogP contribution in [0.4, 0.5) is 10.1 Å². The zero-order valence-electron chi connectivity index (χ0n) is 13.7. The van der Waals surface area contributed by atoms with Gasteiger partial charge < -0.3 is 10.3 Å². The van der Waals surface area contributed by atoms with E-state index in [4.69, 9.17) is 0 Å². The molecule has 1 aromatic heterocycles. The molecule has 2 rings (SSSR count). The van der Waals surface area contributed by atoms with Gasteiger partial charge in [-0.15, -0.1) is 0 Å². The largest absolute Gasteiger partial charge is 0.327 e. The van der Waals surface area contributed by atoms with Crippen molar-refractivity contribution in [1.82, 2.24) is 9.71 Å². The number of carbonyl (C=O) groups excluding carboxylic acids is 1. The van der Waals surface area contributed by atoms with E-state index < -0.39 is 32.9 Å². The van der Waals surface area contributed by atoms with E-state index >= 15 is 0 Å². The average Bonchev–Trinajstić information content (AvgIpc) is 2.56. The van der Waals surface area contributed by atoms with Crippen LogP contribution in [0.15, 0.2) is 46.2 Å². The highest BCUT2D eigenvalue weighted by Crippen LogP contribution is 2.17. The number of sulfonamides is 1. The molecule has 0 saturated carbocycles. The van der Waals surface area contributed by atoms with Gasteiger partial charge in [-0.3, -0.25) is 9.59 Å². The molecule has 0 bridgehead atoms. The Kier molecular flexibility index (Phi) is 5.70. The smallest absolute Gasteiger partial charge is 0.271 e. The SMILES string of the molecule is CCC(C)NS(=O)(=O)c1ccc(F)c(C(=O)Nc2ccc[nH]c2=O)c1.